The smallest absolute Gasteiger partial charge is 0.317 e. The van der Waals surface area contributed by atoms with Gasteiger partial charge in [0, 0.05) is 50.2 Å². The second-order valence-corrected chi connectivity index (χ2v) is 11.2. The van der Waals surface area contributed by atoms with Gasteiger partial charge in [-0.15, -0.1) is 0 Å². The van der Waals surface area contributed by atoms with Crippen molar-refractivity contribution in [3.63, 3.8) is 0 Å². The SMILES string of the molecule is CC(C)NC(=O)N1C[C@@H]2CN(CCO2)C(=O)[C@@H]2C[C@@H](CN2Cc2cnc[nH]2)NC(=O)C[C@@H]2O[C@H](C1)[C@@H](O)[C@H]2O. The minimum absolute atomic E-state index is 0.00802. The number of hydrogen-bond donors (Lipinski definition) is 5. The Kier molecular flexibility index (Phi) is 8.38. The Morgan fingerprint density at radius 2 is 1.97 bits per heavy atom. The number of aliphatic hydroxyl groups is 2. The van der Waals surface area contributed by atoms with Crippen LogP contribution in [0, 0.1) is 0 Å². The van der Waals surface area contributed by atoms with Crippen LogP contribution in [0.25, 0.3) is 0 Å². The number of H-pyrrole nitrogens is 1. The molecule has 4 aliphatic heterocycles. The van der Waals surface area contributed by atoms with Crippen LogP contribution in [-0.4, -0.2) is 141 Å². The maximum atomic E-state index is 13.8. The van der Waals surface area contributed by atoms with Crippen LogP contribution >= 0.6 is 0 Å². The predicted molar refractivity (Wildman–Crippen MR) is 136 cm³/mol. The van der Waals surface area contributed by atoms with E-state index in [1.807, 2.05) is 18.7 Å². The number of aromatic nitrogens is 2. The number of carbonyl (C=O) groups excluding carboxylic acids is 3. The topological polar surface area (TPSA) is 173 Å². The van der Waals surface area contributed by atoms with Gasteiger partial charge in [0.05, 0.1) is 50.7 Å². The van der Waals surface area contributed by atoms with Crippen molar-refractivity contribution in [2.75, 3.05) is 39.3 Å². The highest BCUT2D eigenvalue weighted by Gasteiger charge is 2.46. The van der Waals surface area contributed by atoms with Gasteiger partial charge in [0.1, 0.15) is 18.3 Å². The molecule has 4 fully saturated rings. The van der Waals surface area contributed by atoms with Crippen LogP contribution in [0.4, 0.5) is 4.79 Å². The van der Waals surface area contributed by atoms with Crippen molar-refractivity contribution in [2.45, 2.75) is 81.9 Å². The van der Waals surface area contributed by atoms with E-state index in [9.17, 15) is 24.6 Å². The zero-order valence-electron chi connectivity index (χ0n) is 22.4. The van der Waals surface area contributed by atoms with E-state index in [2.05, 4.69) is 20.6 Å². The molecule has 5 rings (SSSR count). The molecule has 5 N–H and O–H groups in total. The lowest BCUT2D eigenvalue weighted by atomic mass is 10.0. The number of likely N-dealkylation sites (tertiary alicyclic amines) is 1. The summed E-state index contributed by atoms with van der Waals surface area (Å²) in [6, 6.07) is -1.22. The molecule has 7 atom stereocenters. The fraction of sp³-hybridized carbons (Fsp3) is 0.760. The van der Waals surface area contributed by atoms with Crippen molar-refractivity contribution in [3.8, 4) is 0 Å². The summed E-state index contributed by atoms with van der Waals surface area (Å²) in [5.41, 5.74) is 0.861. The Labute approximate surface area is 227 Å². The number of rotatable bonds is 3. The van der Waals surface area contributed by atoms with Gasteiger partial charge in [-0.2, -0.15) is 0 Å². The summed E-state index contributed by atoms with van der Waals surface area (Å²) < 4.78 is 11.9. The molecule has 6 bridgehead atoms. The molecule has 0 aliphatic carbocycles. The molecular formula is C25H39N7O7. The monoisotopic (exact) mass is 549 g/mol. The zero-order chi connectivity index (χ0) is 27.7. The maximum Gasteiger partial charge on any atom is 0.317 e. The van der Waals surface area contributed by atoms with Gasteiger partial charge in [0.15, 0.2) is 0 Å². The van der Waals surface area contributed by atoms with Crippen molar-refractivity contribution in [2.24, 2.45) is 0 Å². The van der Waals surface area contributed by atoms with Crippen molar-refractivity contribution in [1.82, 2.24) is 35.3 Å². The van der Waals surface area contributed by atoms with Crippen LogP contribution in [0.2, 0.25) is 0 Å². The highest BCUT2D eigenvalue weighted by molar-refractivity contribution is 5.83. The lowest BCUT2D eigenvalue weighted by molar-refractivity contribution is -0.144. The molecule has 0 unspecified atom stereocenters. The number of hydrogen-bond acceptors (Lipinski definition) is 9. The minimum Gasteiger partial charge on any atom is -0.388 e. The van der Waals surface area contributed by atoms with Gasteiger partial charge < -0.3 is 45.1 Å². The summed E-state index contributed by atoms with van der Waals surface area (Å²) in [6.07, 6.45) is -1.20. The number of carbonyl (C=O) groups is 3. The van der Waals surface area contributed by atoms with Crippen molar-refractivity contribution in [3.05, 3.63) is 18.2 Å². The van der Waals surface area contributed by atoms with E-state index in [-0.39, 0.29) is 49.4 Å². The highest BCUT2D eigenvalue weighted by atomic mass is 16.5. The molecule has 4 saturated heterocycles. The van der Waals surface area contributed by atoms with E-state index in [1.165, 1.54) is 4.90 Å². The molecule has 1 aromatic heterocycles. The standard InChI is InChI=1S/C25H39N7O7/c1-14(2)28-25(37)32-11-17-10-30(3-4-38-17)24(36)18-5-15(8-31(18)9-16-7-26-13-27-16)29-21(33)6-19-22(34)23(35)20(12-32)39-19/h7,13-15,17-20,22-23,34-35H,3-6,8-12H2,1-2H3,(H,26,27)(H,28,37)(H,29,33)/t15-,17-,18-,19-,20+,22-,23+/m0/s1. The van der Waals surface area contributed by atoms with Crippen LogP contribution in [-0.2, 0) is 25.6 Å². The van der Waals surface area contributed by atoms with Gasteiger partial charge in [-0.1, -0.05) is 0 Å². The Bertz CT molecular complexity index is 1020. The summed E-state index contributed by atoms with van der Waals surface area (Å²) in [5.74, 6) is -0.376. The molecule has 0 saturated carbocycles. The summed E-state index contributed by atoms with van der Waals surface area (Å²) in [4.78, 5) is 52.3. The highest BCUT2D eigenvalue weighted by Crippen LogP contribution is 2.27. The Morgan fingerprint density at radius 3 is 2.72 bits per heavy atom. The molecule has 216 valence electrons. The average Bonchev–Trinajstić information content (AvgIpc) is 3.60. The molecular weight excluding hydrogens is 510 g/mol. The first kappa shape index (κ1) is 27.8. The first-order valence-electron chi connectivity index (χ1n) is 13.7. The third-order valence-corrected chi connectivity index (χ3v) is 7.80. The maximum absolute atomic E-state index is 13.8. The molecule has 14 heteroatoms. The number of aliphatic hydroxyl groups excluding tert-OH is 2. The molecule has 14 nitrogen and oxygen atoms in total. The normalized spacial score (nSPS) is 34.4. The second kappa shape index (κ2) is 11.8. The average molecular weight is 550 g/mol. The van der Waals surface area contributed by atoms with Gasteiger partial charge in [-0.25, -0.2) is 9.78 Å². The van der Waals surface area contributed by atoms with Crippen LogP contribution in [0.1, 0.15) is 32.4 Å². The lowest BCUT2D eigenvalue weighted by Gasteiger charge is -2.38. The van der Waals surface area contributed by atoms with E-state index < -0.39 is 36.6 Å². The third kappa shape index (κ3) is 6.35. The summed E-state index contributed by atoms with van der Waals surface area (Å²) in [5, 5.41) is 27.2. The summed E-state index contributed by atoms with van der Waals surface area (Å²) in [7, 11) is 0. The first-order valence-corrected chi connectivity index (χ1v) is 13.7. The van der Waals surface area contributed by atoms with E-state index in [4.69, 9.17) is 9.47 Å². The zero-order valence-corrected chi connectivity index (χ0v) is 22.4. The number of urea groups is 1. The number of amides is 4. The lowest BCUT2D eigenvalue weighted by Crippen LogP contribution is -2.56. The van der Waals surface area contributed by atoms with E-state index >= 15 is 0 Å². The number of ether oxygens (including phenoxy) is 2. The van der Waals surface area contributed by atoms with E-state index in [0.717, 1.165) is 5.69 Å². The third-order valence-electron chi connectivity index (χ3n) is 7.80. The first-order chi connectivity index (χ1) is 18.7. The summed E-state index contributed by atoms with van der Waals surface area (Å²) >= 11 is 0. The fourth-order valence-corrected chi connectivity index (χ4v) is 5.93. The number of aromatic amines is 1. The van der Waals surface area contributed by atoms with Gasteiger partial charge in [0.25, 0.3) is 0 Å². The molecule has 0 radical (unpaired) electrons. The molecule has 0 aromatic carbocycles. The van der Waals surface area contributed by atoms with Crippen LogP contribution in [0.5, 0.6) is 0 Å². The second-order valence-electron chi connectivity index (χ2n) is 11.2. The van der Waals surface area contributed by atoms with E-state index in [0.29, 0.717) is 39.2 Å². The largest absolute Gasteiger partial charge is 0.388 e. The molecule has 5 heterocycles. The summed E-state index contributed by atoms with van der Waals surface area (Å²) in [6.45, 7) is 5.84. The number of nitrogens with zero attached hydrogens (tertiary/aromatic N) is 4. The van der Waals surface area contributed by atoms with Gasteiger partial charge >= 0.3 is 6.03 Å². The number of fused-ring (bicyclic) bond motifs is 6. The van der Waals surface area contributed by atoms with Crippen LogP contribution in [0.15, 0.2) is 12.5 Å². The Hall–Kier alpha value is -2.78. The van der Waals surface area contributed by atoms with Crippen LogP contribution < -0.4 is 10.6 Å². The van der Waals surface area contributed by atoms with Crippen molar-refractivity contribution < 1.29 is 34.1 Å². The quantitative estimate of drug-likeness (QED) is 0.286. The number of morpholine rings is 1. The number of nitrogens with one attached hydrogen (secondary N) is 3. The van der Waals surface area contributed by atoms with Gasteiger partial charge in [-0.3, -0.25) is 14.5 Å². The fourth-order valence-electron chi connectivity index (χ4n) is 5.93. The Morgan fingerprint density at radius 1 is 1.18 bits per heavy atom. The van der Waals surface area contributed by atoms with Crippen molar-refractivity contribution in [1.29, 1.82) is 0 Å². The Balaban J connectivity index is 1.41. The molecule has 4 amide bonds. The molecule has 39 heavy (non-hydrogen) atoms. The molecule has 1 aromatic rings. The van der Waals surface area contributed by atoms with Crippen molar-refractivity contribution >= 4 is 17.8 Å². The van der Waals surface area contributed by atoms with Crippen LogP contribution in [0.3, 0.4) is 0 Å². The van der Waals surface area contributed by atoms with E-state index in [1.54, 1.807) is 17.4 Å². The minimum atomic E-state index is -1.28. The predicted octanol–water partition coefficient (Wildman–Crippen LogP) is -1.99. The number of imidazole rings is 1. The van der Waals surface area contributed by atoms with Gasteiger partial charge in [-0.05, 0) is 20.3 Å². The molecule has 4 aliphatic rings. The van der Waals surface area contributed by atoms with Gasteiger partial charge in [0.2, 0.25) is 11.8 Å². The molecule has 0 spiro atoms.